The molecule has 4 nitrogen and oxygen atoms in total. The van der Waals surface area contributed by atoms with Gasteiger partial charge in [0.25, 0.3) is 0 Å². The Bertz CT molecular complexity index is 409. The van der Waals surface area contributed by atoms with Gasteiger partial charge in [-0.2, -0.15) is 0 Å². The van der Waals surface area contributed by atoms with E-state index in [0.29, 0.717) is 19.3 Å². The minimum Gasteiger partial charge on any atom is -0.396 e. The molecule has 4 heteroatoms. The van der Waals surface area contributed by atoms with Gasteiger partial charge in [0.1, 0.15) is 0 Å². The number of rotatable bonds is 14. The SMILES string of the molecule is C=CC(O)(CC=C[C@@H]1[C@@H](CCCCCCCO)[C@@H](O)C[C@H]1O)CCCC. The molecule has 1 saturated carbocycles. The monoisotopic (exact) mass is 368 g/mol. The molecule has 0 spiro atoms. The predicted molar refractivity (Wildman–Crippen MR) is 107 cm³/mol. The van der Waals surface area contributed by atoms with Crippen LogP contribution in [0.15, 0.2) is 24.8 Å². The van der Waals surface area contributed by atoms with Crippen molar-refractivity contribution in [2.75, 3.05) is 6.61 Å². The Hall–Kier alpha value is -0.680. The van der Waals surface area contributed by atoms with Gasteiger partial charge in [-0.05, 0) is 31.6 Å². The number of unbranched alkanes of at least 4 members (excludes halogenated alkanes) is 5. The Morgan fingerprint density at radius 3 is 2.38 bits per heavy atom. The van der Waals surface area contributed by atoms with Crippen molar-refractivity contribution in [1.82, 2.24) is 0 Å². The lowest BCUT2D eigenvalue weighted by Crippen LogP contribution is -2.25. The summed E-state index contributed by atoms with van der Waals surface area (Å²) in [5, 5.41) is 40.0. The first-order chi connectivity index (χ1) is 12.5. The van der Waals surface area contributed by atoms with Gasteiger partial charge in [0, 0.05) is 18.9 Å². The molecule has 0 aromatic rings. The molecule has 4 N–H and O–H groups in total. The highest BCUT2D eigenvalue weighted by Gasteiger charge is 2.39. The van der Waals surface area contributed by atoms with Gasteiger partial charge in [-0.15, -0.1) is 6.58 Å². The third kappa shape index (κ3) is 7.91. The van der Waals surface area contributed by atoms with E-state index in [1.165, 1.54) is 0 Å². The van der Waals surface area contributed by atoms with Gasteiger partial charge < -0.3 is 20.4 Å². The molecule has 0 aromatic carbocycles. The van der Waals surface area contributed by atoms with E-state index < -0.39 is 17.8 Å². The zero-order chi connectivity index (χ0) is 19.4. The summed E-state index contributed by atoms with van der Waals surface area (Å²) >= 11 is 0. The molecular weight excluding hydrogens is 328 g/mol. The molecular formula is C22H40O4. The fraction of sp³-hybridized carbons (Fsp3) is 0.818. The Morgan fingerprint density at radius 2 is 1.73 bits per heavy atom. The second-order valence-electron chi connectivity index (χ2n) is 7.94. The third-order valence-electron chi connectivity index (χ3n) is 5.78. The molecule has 0 amide bonds. The van der Waals surface area contributed by atoms with Crippen LogP contribution in [0.2, 0.25) is 0 Å². The third-order valence-corrected chi connectivity index (χ3v) is 5.78. The van der Waals surface area contributed by atoms with E-state index in [-0.39, 0.29) is 18.4 Å². The predicted octanol–water partition coefficient (Wildman–Crippen LogP) is 3.73. The van der Waals surface area contributed by atoms with Crippen LogP contribution in [0, 0.1) is 11.8 Å². The van der Waals surface area contributed by atoms with Crippen LogP contribution in [0.5, 0.6) is 0 Å². The summed E-state index contributed by atoms with van der Waals surface area (Å²) in [5.74, 6) is 0.0502. The topological polar surface area (TPSA) is 80.9 Å². The quantitative estimate of drug-likeness (QED) is 0.278. The van der Waals surface area contributed by atoms with Crippen molar-refractivity contribution in [3.63, 3.8) is 0 Å². The lowest BCUT2D eigenvalue weighted by atomic mass is 9.87. The van der Waals surface area contributed by atoms with Crippen LogP contribution in [-0.2, 0) is 0 Å². The van der Waals surface area contributed by atoms with E-state index >= 15 is 0 Å². The van der Waals surface area contributed by atoms with Crippen molar-refractivity contribution in [3.05, 3.63) is 24.8 Å². The number of aliphatic hydroxyl groups is 4. The van der Waals surface area contributed by atoms with E-state index in [2.05, 4.69) is 13.5 Å². The molecule has 152 valence electrons. The minimum atomic E-state index is -0.878. The Kier molecular flexibility index (Phi) is 11.4. The summed E-state index contributed by atoms with van der Waals surface area (Å²) in [5.41, 5.74) is -0.878. The number of aliphatic hydroxyl groups excluding tert-OH is 3. The molecule has 0 radical (unpaired) electrons. The first-order valence-corrected chi connectivity index (χ1v) is 10.5. The zero-order valence-corrected chi connectivity index (χ0v) is 16.5. The minimum absolute atomic E-state index is 0.0392. The molecule has 1 aliphatic rings. The molecule has 1 aliphatic carbocycles. The molecule has 0 saturated heterocycles. The van der Waals surface area contributed by atoms with Gasteiger partial charge in [0.2, 0.25) is 0 Å². The average Bonchev–Trinajstić information content (AvgIpc) is 2.89. The number of hydrogen-bond acceptors (Lipinski definition) is 4. The van der Waals surface area contributed by atoms with Crippen LogP contribution in [-0.4, -0.2) is 44.8 Å². The summed E-state index contributed by atoms with van der Waals surface area (Å²) in [6.45, 7) is 6.12. The van der Waals surface area contributed by atoms with Crippen LogP contribution in [0.3, 0.4) is 0 Å². The molecule has 0 aliphatic heterocycles. The molecule has 1 unspecified atom stereocenters. The average molecular weight is 369 g/mol. The van der Waals surface area contributed by atoms with E-state index in [1.54, 1.807) is 6.08 Å². The van der Waals surface area contributed by atoms with Crippen LogP contribution >= 0.6 is 0 Å². The van der Waals surface area contributed by atoms with Gasteiger partial charge in [-0.3, -0.25) is 0 Å². The molecule has 26 heavy (non-hydrogen) atoms. The van der Waals surface area contributed by atoms with Crippen LogP contribution in [0.25, 0.3) is 0 Å². The maximum atomic E-state index is 10.6. The summed E-state index contributed by atoms with van der Waals surface area (Å²) < 4.78 is 0. The molecule has 1 fully saturated rings. The summed E-state index contributed by atoms with van der Waals surface area (Å²) in [7, 11) is 0. The van der Waals surface area contributed by atoms with Crippen molar-refractivity contribution in [2.45, 2.75) is 95.4 Å². The largest absolute Gasteiger partial charge is 0.396 e. The molecule has 0 aromatic heterocycles. The van der Waals surface area contributed by atoms with Gasteiger partial charge >= 0.3 is 0 Å². The lowest BCUT2D eigenvalue weighted by molar-refractivity contribution is 0.0818. The summed E-state index contributed by atoms with van der Waals surface area (Å²) in [4.78, 5) is 0. The molecule has 0 heterocycles. The number of hydrogen-bond donors (Lipinski definition) is 4. The molecule has 0 bridgehead atoms. The van der Waals surface area contributed by atoms with Crippen molar-refractivity contribution in [3.8, 4) is 0 Å². The summed E-state index contributed by atoms with van der Waals surface area (Å²) in [6, 6.07) is 0. The standard InChI is InChI=1S/C22H40O4/c1-3-5-14-22(26,4-2)15-11-13-19-18(20(24)17-21(19)25)12-9-7-6-8-10-16-23/h4,11,13,18-21,23-26H,2-3,5-10,12,14-17H2,1H3/t18-,19-,20+,21-,22?/m1/s1. The highest BCUT2D eigenvalue weighted by Crippen LogP contribution is 2.37. The highest BCUT2D eigenvalue weighted by atomic mass is 16.3. The summed E-state index contributed by atoms with van der Waals surface area (Å²) in [6.07, 6.45) is 14.3. The van der Waals surface area contributed by atoms with E-state index in [1.807, 2.05) is 12.2 Å². The van der Waals surface area contributed by atoms with E-state index in [9.17, 15) is 15.3 Å². The molecule has 1 rings (SSSR count). The van der Waals surface area contributed by atoms with Gasteiger partial charge in [0.15, 0.2) is 0 Å². The molecule has 5 atom stereocenters. The smallest absolute Gasteiger partial charge is 0.0859 e. The fourth-order valence-corrected chi connectivity index (χ4v) is 4.00. The lowest BCUT2D eigenvalue weighted by Gasteiger charge is -2.24. The maximum Gasteiger partial charge on any atom is 0.0859 e. The Morgan fingerprint density at radius 1 is 1.04 bits per heavy atom. The van der Waals surface area contributed by atoms with E-state index in [4.69, 9.17) is 5.11 Å². The van der Waals surface area contributed by atoms with Crippen molar-refractivity contribution in [2.24, 2.45) is 11.8 Å². The Labute approximate surface area is 159 Å². The Balaban J connectivity index is 2.51. The van der Waals surface area contributed by atoms with Crippen LogP contribution in [0.4, 0.5) is 0 Å². The normalized spacial score (nSPS) is 28.5. The van der Waals surface area contributed by atoms with Gasteiger partial charge in [0.05, 0.1) is 17.8 Å². The first-order valence-electron chi connectivity index (χ1n) is 10.5. The van der Waals surface area contributed by atoms with Crippen LogP contribution in [0.1, 0.15) is 77.6 Å². The van der Waals surface area contributed by atoms with Crippen LogP contribution < -0.4 is 0 Å². The second kappa shape index (κ2) is 12.7. The van der Waals surface area contributed by atoms with Gasteiger partial charge in [-0.1, -0.05) is 63.7 Å². The van der Waals surface area contributed by atoms with Gasteiger partial charge in [-0.25, -0.2) is 0 Å². The zero-order valence-electron chi connectivity index (χ0n) is 16.5. The second-order valence-corrected chi connectivity index (χ2v) is 7.94. The highest BCUT2D eigenvalue weighted by molar-refractivity contribution is 5.07. The fourth-order valence-electron chi connectivity index (χ4n) is 4.00. The van der Waals surface area contributed by atoms with Crippen molar-refractivity contribution in [1.29, 1.82) is 0 Å². The first kappa shape index (κ1) is 23.4. The van der Waals surface area contributed by atoms with Crippen molar-refractivity contribution < 1.29 is 20.4 Å². The van der Waals surface area contributed by atoms with Crippen molar-refractivity contribution >= 4 is 0 Å². The van der Waals surface area contributed by atoms with E-state index in [0.717, 1.165) is 51.4 Å². The maximum absolute atomic E-state index is 10.6.